The van der Waals surface area contributed by atoms with Crippen molar-refractivity contribution in [1.82, 2.24) is 10.2 Å². The van der Waals surface area contributed by atoms with Crippen molar-refractivity contribution in [2.45, 2.75) is 43.7 Å². The molecule has 92 valence electrons. The third-order valence-electron chi connectivity index (χ3n) is 4.28. The van der Waals surface area contributed by atoms with Crippen LogP contribution in [0.25, 0.3) is 0 Å². The molecule has 2 aliphatic heterocycles. The maximum atomic E-state index is 11.5. The summed E-state index contributed by atoms with van der Waals surface area (Å²) in [6.45, 7) is 2.30. The second-order valence-corrected chi connectivity index (χ2v) is 4.96. The molecule has 4 nitrogen and oxygen atoms in total. The summed E-state index contributed by atoms with van der Waals surface area (Å²) < 4.78 is 4.82. The maximum Gasteiger partial charge on any atom is 0.307 e. The van der Waals surface area contributed by atoms with E-state index >= 15 is 0 Å². The molecule has 0 radical (unpaired) electrons. The molecule has 0 aromatic carbocycles. The number of likely N-dealkylation sites (N-methyl/N-ethyl adjacent to an activating group) is 1. The minimum atomic E-state index is -0.0956. The van der Waals surface area contributed by atoms with Gasteiger partial charge in [-0.1, -0.05) is 6.42 Å². The lowest BCUT2D eigenvalue weighted by molar-refractivity contribution is -0.142. The molecule has 2 heterocycles. The van der Waals surface area contributed by atoms with Crippen LogP contribution in [0.2, 0.25) is 0 Å². The van der Waals surface area contributed by atoms with Crippen molar-refractivity contribution in [2.75, 3.05) is 27.2 Å². The SMILES string of the molecule is CNC1(CC(=O)OC)CCN2CCCCC21. The van der Waals surface area contributed by atoms with E-state index in [1.54, 1.807) is 0 Å². The summed E-state index contributed by atoms with van der Waals surface area (Å²) in [5.41, 5.74) is -0.0481. The molecule has 0 aromatic heterocycles. The predicted octanol–water partition coefficient (Wildman–Crippen LogP) is 0.766. The number of ether oxygens (including phenoxy) is 1. The Balaban J connectivity index is 2.11. The minimum Gasteiger partial charge on any atom is -0.469 e. The van der Waals surface area contributed by atoms with Gasteiger partial charge in [-0.05, 0) is 32.9 Å². The third-order valence-corrected chi connectivity index (χ3v) is 4.28. The average Bonchev–Trinajstić information content (AvgIpc) is 2.69. The number of nitrogens with one attached hydrogen (secondary N) is 1. The zero-order valence-corrected chi connectivity index (χ0v) is 10.3. The second kappa shape index (κ2) is 4.72. The fourth-order valence-electron chi connectivity index (χ4n) is 3.31. The lowest BCUT2D eigenvalue weighted by Gasteiger charge is -2.40. The van der Waals surface area contributed by atoms with Crippen LogP contribution in [0.1, 0.15) is 32.1 Å². The molecule has 0 spiro atoms. The van der Waals surface area contributed by atoms with Crippen molar-refractivity contribution in [3.63, 3.8) is 0 Å². The van der Waals surface area contributed by atoms with E-state index in [9.17, 15) is 4.79 Å². The Morgan fingerprint density at radius 3 is 3.00 bits per heavy atom. The standard InChI is InChI=1S/C12H22N2O2/c1-13-12(9-11(15)16-2)6-8-14-7-4-3-5-10(12)14/h10,13H,3-9H2,1-2H3. The Morgan fingerprint density at radius 1 is 1.50 bits per heavy atom. The monoisotopic (exact) mass is 226 g/mol. The highest BCUT2D eigenvalue weighted by Crippen LogP contribution is 2.37. The summed E-state index contributed by atoms with van der Waals surface area (Å²) in [6, 6.07) is 0.519. The molecule has 4 heteroatoms. The van der Waals surface area contributed by atoms with Crippen LogP contribution in [0, 0.1) is 0 Å². The summed E-state index contributed by atoms with van der Waals surface area (Å²) >= 11 is 0. The van der Waals surface area contributed by atoms with Crippen LogP contribution >= 0.6 is 0 Å². The van der Waals surface area contributed by atoms with Crippen LogP contribution in [0.3, 0.4) is 0 Å². The predicted molar refractivity (Wildman–Crippen MR) is 62.3 cm³/mol. The minimum absolute atomic E-state index is 0.0481. The molecule has 2 rings (SSSR count). The summed E-state index contributed by atoms with van der Waals surface area (Å²) in [4.78, 5) is 14.1. The number of nitrogens with zero attached hydrogens (tertiary/aromatic N) is 1. The molecule has 2 atom stereocenters. The maximum absolute atomic E-state index is 11.5. The highest BCUT2D eigenvalue weighted by molar-refractivity contribution is 5.71. The molecule has 0 amide bonds. The van der Waals surface area contributed by atoms with E-state index in [1.807, 2.05) is 7.05 Å². The molecule has 1 N–H and O–H groups in total. The van der Waals surface area contributed by atoms with Crippen LogP contribution < -0.4 is 5.32 Å². The van der Waals surface area contributed by atoms with Gasteiger partial charge in [0.15, 0.2) is 0 Å². The third kappa shape index (κ3) is 1.96. The van der Waals surface area contributed by atoms with Crippen molar-refractivity contribution in [1.29, 1.82) is 0 Å². The molecular weight excluding hydrogens is 204 g/mol. The van der Waals surface area contributed by atoms with Gasteiger partial charge in [-0.3, -0.25) is 9.69 Å². The fourth-order valence-corrected chi connectivity index (χ4v) is 3.31. The quantitative estimate of drug-likeness (QED) is 0.722. The highest BCUT2D eigenvalue weighted by Gasteiger charge is 2.48. The molecule has 2 aliphatic rings. The molecule has 0 bridgehead atoms. The molecular formula is C12H22N2O2. The molecule has 0 saturated carbocycles. The Morgan fingerprint density at radius 2 is 2.31 bits per heavy atom. The van der Waals surface area contributed by atoms with Gasteiger partial charge in [0.2, 0.25) is 0 Å². The molecule has 0 aromatic rings. The van der Waals surface area contributed by atoms with Gasteiger partial charge in [0.25, 0.3) is 0 Å². The first kappa shape index (κ1) is 11.9. The fraction of sp³-hybridized carbons (Fsp3) is 0.917. The number of piperidine rings is 1. The van der Waals surface area contributed by atoms with E-state index < -0.39 is 0 Å². The van der Waals surface area contributed by atoms with Gasteiger partial charge in [0.1, 0.15) is 0 Å². The topological polar surface area (TPSA) is 41.6 Å². The lowest BCUT2D eigenvalue weighted by Crippen LogP contribution is -2.55. The highest BCUT2D eigenvalue weighted by atomic mass is 16.5. The molecule has 2 fully saturated rings. The molecule has 2 saturated heterocycles. The first-order valence-corrected chi connectivity index (χ1v) is 6.21. The number of methoxy groups -OCH3 is 1. The number of hydrogen-bond donors (Lipinski definition) is 1. The Labute approximate surface area is 97.3 Å². The van der Waals surface area contributed by atoms with Gasteiger partial charge in [-0.2, -0.15) is 0 Å². The van der Waals surface area contributed by atoms with E-state index in [2.05, 4.69) is 10.2 Å². The van der Waals surface area contributed by atoms with Crippen molar-refractivity contribution in [2.24, 2.45) is 0 Å². The molecule has 2 unspecified atom stereocenters. The Bertz CT molecular complexity index is 270. The van der Waals surface area contributed by atoms with Gasteiger partial charge < -0.3 is 10.1 Å². The van der Waals surface area contributed by atoms with E-state index in [-0.39, 0.29) is 11.5 Å². The second-order valence-electron chi connectivity index (χ2n) is 4.96. The van der Waals surface area contributed by atoms with Gasteiger partial charge in [0, 0.05) is 18.1 Å². The average molecular weight is 226 g/mol. The van der Waals surface area contributed by atoms with Gasteiger partial charge in [-0.15, -0.1) is 0 Å². The van der Waals surface area contributed by atoms with Crippen molar-refractivity contribution in [3.8, 4) is 0 Å². The normalized spacial score (nSPS) is 34.8. The molecule has 0 aliphatic carbocycles. The molecule has 16 heavy (non-hydrogen) atoms. The van der Waals surface area contributed by atoms with Crippen molar-refractivity contribution in [3.05, 3.63) is 0 Å². The number of fused-ring (bicyclic) bond motifs is 1. The first-order chi connectivity index (χ1) is 7.72. The smallest absolute Gasteiger partial charge is 0.307 e. The van der Waals surface area contributed by atoms with Crippen LogP contribution in [-0.2, 0) is 9.53 Å². The lowest BCUT2D eigenvalue weighted by atomic mass is 9.83. The Kier molecular flexibility index (Phi) is 3.50. The van der Waals surface area contributed by atoms with Crippen LogP contribution in [0.4, 0.5) is 0 Å². The largest absolute Gasteiger partial charge is 0.469 e. The van der Waals surface area contributed by atoms with E-state index in [1.165, 1.54) is 32.9 Å². The number of carbonyl (C=O) groups excluding carboxylic acids is 1. The van der Waals surface area contributed by atoms with Crippen LogP contribution in [0.15, 0.2) is 0 Å². The summed E-state index contributed by atoms with van der Waals surface area (Å²) in [5, 5.41) is 3.40. The Hall–Kier alpha value is -0.610. The van der Waals surface area contributed by atoms with Crippen molar-refractivity contribution >= 4 is 5.97 Å². The summed E-state index contributed by atoms with van der Waals surface area (Å²) in [6.07, 6.45) is 5.35. The van der Waals surface area contributed by atoms with E-state index in [0.29, 0.717) is 12.5 Å². The number of esters is 1. The number of hydrogen-bond acceptors (Lipinski definition) is 4. The number of carbonyl (C=O) groups is 1. The van der Waals surface area contributed by atoms with E-state index in [4.69, 9.17) is 4.74 Å². The van der Waals surface area contributed by atoms with Crippen molar-refractivity contribution < 1.29 is 9.53 Å². The summed E-state index contributed by atoms with van der Waals surface area (Å²) in [5.74, 6) is -0.0956. The van der Waals surface area contributed by atoms with Crippen LogP contribution in [-0.4, -0.2) is 49.7 Å². The van der Waals surface area contributed by atoms with Gasteiger partial charge in [0.05, 0.1) is 13.5 Å². The van der Waals surface area contributed by atoms with Gasteiger partial charge >= 0.3 is 5.97 Å². The number of rotatable bonds is 3. The first-order valence-electron chi connectivity index (χ1n) is 6.21. The zero-order chi connectivity index (χ0) is 11.6. The summed E-state index contributed by atoms with van der Waals surface area (Å²) in [7, 11) is 3.44. The van der Waals surface area contributed by atoms with E-state index in [0.717, 1.165) is 13.0 Å². The van der Waals surface area contributed by atoms with Gasteiger partial charge in [-0.25, -0.2) is 0 Å². The van der Waals surface area contributed by atoms with Crippen LogP contribution in [0.5, 0.6) is 0 Å². The zero-order valence-electron chi connectivity index (χ0n) is 10.3.